The summed E-state index contributed by atoms with van der Waals surface area (Å²) >= 11 is 6.92. The van der Waals surface area contributed by atoms with Crippen molar-refractivity contribution in [3.05, 3.63) is 141 Å². The van der Waals surface area contributed by atoms with Gasteiger partial charge in [-0.2, -0.15) is 0 Å². The van der Waals surface area contributed by atoms with E-state index in [-0.39, 0.29) is 0 Å². The highest BCUT2D eigenvalue weighted by Gasteiger charge is 2.33. The largest absolute Gasteiger partial charge is 0.377 e. The molecule has 0 fully saturated rings. The van der Waals surface area contributed by atoms with Gasteiger partial charge in [0.2, 0.25) is 0 Å². The van der Waals surface area contributed by atoms with E-state index in [1.54, 1.807) is 24.3 Å². The molecule has 1 aliphatic carbocycles. The van der Waals surface area contributed by atoms with Crippen molar-refractivity contribution in [3.8, 4) is 22.3 Å². The molecule has 168 valence electrons. The zero-order chi connectivity index (χ0) is 23.8. The van der Waals surface area contributed by atoms with Crippen molar-refractivity contribution in [3.63, 3.8) is 0 Å². The van der Waals surface area contributed by atoms with Crippen molar-refractivity contribution in [2.45, 2.75) is 11.2 Å². The molecular formula is C30H22Br2O2. The normalized spacial score (nSPS) is 21.5. The van der Waals surface area contributed by atoms with E-state index in [1.165, 1.54) is 0 Å². The average molecular weight is 574 g/mol. The second kappa shape index (κ2) is 9.12. The van der Waals surface area contributed by atoms with Crippen LogP contribution in [-0.2, 0) is 11.2 Å². The lowest BCUT2D eigenvalue weighted by atomic mass is 9.81. The number of rotatable bonds is 4. The third kappa shape index (κ3) is 4.59. The van der Waals surface area contributed by atoms with E-state index < -0.39 is 11.2 Å². The van der Waals surface area contributed by atoms with Crippen LogP contribution in [0.5, 0.6) is 0 Å². The summed E-state index contributed by atoms with van der Waals surface area (Å²) in [6.45, 7) is 0. The Balaban J connectivity index is 1.35. The van der Waals surface area contributed by atoms with Crippen molar-refractivity contribution in [1.82, 2.24) is 0 Å². The van der Waals surface area contributed by atoms with E-state index in [4.69, 9.17) is 0 Å². The Morgan fingerprint density at radius 3 is 0.882 bits per heavy atom. The molecule has 0 atom stereocenters. The molecule has 4 aromatic carbocycles. The Morgan fingerprint density at radius 2 is 0.618 bits per heavy atom. The molecular weight excluding hydrogens is 552 g/mol. The number of aliphatic hydroxyl groups is 2. The Hall–Kier alpha value is -2.76. The maximum absolute atomic E-state index is 11.2. The van der Waals surface area contributed by atoms with Gasteiger partial charge in [0.15, 0.2) is 0 Å². The second-order valence-corrected chi connectivity index (χ2v) is 10.3. The molecule has 0 saturated carbocycles. The SMILES string of the molecule is OC1(c2ccc(-c3ccc(Br)cc3)cc2)C=CC(O)(c2ccc(-c3ccc(Br)cc3)cc2)C=C1. The molecule has 0 unspecified atom stereocenters. The van der Waals surface area contributed by atoms with Gasteiger partial charge in [-0.1, -0.05) is 105 Å². The van der Waals surface area contributed by atoms with Crippen LogP contribution < -0.4 is 0 Å². The number of hydrogen-bond donors (Lipinski definition) is 2. The molecule has 0 bridgehead atoms. The van der Waals surface area contributed by atoms with Gasteiger partial charge in [0.1, 0.15) is 11.2 Å². The standard InChI is InChI=1S/C30H22Br2O2/c31-27-13-5-23(6-14-27)21-1-9-25(10-2-21)29(33)17-19-30(34,20-18-29)26-11-3-22(4-12-26)24-7-15-28(32)16-8-24/h1-20,33-34H. The molecule has 4 heteroatoms. The molecule has 0 aliphatic heterocycles. The molecule has 4 aromatic rings. The van der Waals surface area contributed by atoms with E-state index in [0.717, 1.165) is 42.3 Å². The summed E-state index contributed by atoms with van der Waals surface area (Å²) in [5, 5.41) is 22.5. The number of hydrogen-bond acceptors (Lipinski definition) is 2. The van der Waals surface area contributed by atoms with Crippen LogP contribution in [-0.4, -0.2) is 10.2 Å². The van der Waals surface area contributed by atoms with Gasteiger partial charge in [-0.25, -0.2) is 0 Å². The summed E-state index contributed by atoms with van der Waals surface area (Å²) in [5.74, 6) is 0. The summed E-state index contributed by atoms with van der Waals surface area (Å²) in [7, 11) is 0. The molecule has 0 spiro atoms. The summed E-state index contributed by atoms with van der Waals surface area (Å²) in [6, 6.07) is 31.9. The molecule has 0 saturated heterocycles. The summed E-state index contributed by atoms with van der Waals surface area (Å²) in [5.41, 5.74) is 3.30. The summed E-state index contributed by atoms with van der Waals surface area (Å²) in [6.07, 6.45) is 6.63. The van der Waals surface area contributed by atoms with Crippen LogP contribution >= 0.6 is 31.9 Å². The Labute approximate surface area is 216 Å². The first-order chi connectivity index (χ1) is 16.3. The summed E-state index contributed by atoms with van der Waals surface area (Å²) in [4.78, 5) is 0. The van der Waals surface area contributed by atoms with Gasteiger partial charge >= 0.3 is 0 Å². The van der Waals surface area contributed by atoms with Gasteiger partial charge in [-0.3, -0.25) is 0 Å². The fourth-order valence-corrected chi connectivity index (χ4v) is 4.68. The van der Waals surface area contributed by atoms with Gasteiger partial charge in [-0.15, -0.1) is 0 Å². The maximum atomic E-state index is 11.2. The Kier molecular flexibility index (Phi) is 6.17. The van der Waals surface area contributed by atoms with Crippen molar-refractivity contribution >= 4 is 31.9 Å². The quantitative estimate of drug-likeness (QED) is 0.245. The molecule has 0 aromatic heterocycles. The van der Waals surface area contributed by atoms with E-state index in [9.17, 15) is 10.2 Å². The first-order valence-corrected chi connectivity index (χ1v) is 12.5. The smallest absolute Gasteiger partial charge is 0.127 e. The highest BCUT2D eigenvalue weighted by atomic mass is 79.9. The van der Waals surface area contributed by atoms with E-state index in [2.05, 4.69) is 56.1 Å². The van der Waals surface area contributed by atoms with Gasteiger partial charge in [0.25, 0.3) is 0 Å². The highest BCUT2D eigenvalue weighted by molar-refractivity contribution is 9.10. The summed E-state index contributed by atoms with van der Waals surface area (Å²) < 4.78 is 2.07. The van der Waals surface area contributed by atoms with Gasteiger partial charge < -0.3 is 10.2 Å². The Morgan fingerprint density at radius 1 is 0.382 bits per heavy atom. The molecule has 5 rings (SSSR count). The second-order valence-electron chi connectivity index (χ2n) is 8.49. The minimum absolute atomic E-state index is 0.744. The molecule has 1 aliphatic rings. The van der Waals surface area contributed by atoms with Gasteiger partial charge in [-0.05, 0) is 82.0 Å². The molecule has 2 nitrogen and oxygen atoms in total. The van der Waals surface area contributed by atoms with Crippen LogP contribution in [0.25, 0.3) is 22.3 Å². The van der Waals surface area contributed by atoms with Gasteiger partial charge in [0, 0.05) is 8.95 Å². The predicted molar refractivity (Wildman–Crippen MR) is 145 cm³/mol. The van der Waals surface area contributed by atoms with E-state index in [0.29, 0.717) is 0 Å². The maximum Gasteiger partial charge on any atom is 0.127 e. The lowest BCUT2D eigenvalue weighted by Crippen LogP contribution is -2.30. The predicted octanol–water partition coefficient (Wildman–Crippen LogP) is 7.75. The van der Waals surface area contributed by atoms with Crippen molar-refractivity contribution < 1.29 is 10.2 Å². The van der Waals surface area contributed by atoms with Crippen molar-refractivity contribution in [1.29, 1.82) is 0 Å². The third-order valence-corrected chi connectivity index (χ3v) is 7.29. The van der Waals surface area contributed by atoms with Gasteiger partial charge in [0.05, 0.1) is 0 Å². The Bertz CT molecular complexity index is 1230. The lowest BCUT2D eigenvalue weighted by molar-refractivity contribution is 0.106. The average Bonchev–Trinajstić information content (AvgIpc) is 2.87. The fraction of sp³-hybridized carbons (Fsp3) is 0.0667. The van der Waals surface area contributed by atoms with Crippen LogP contribution in [0.2, 0.25) is 0 Å². The fourth-order valence-electron chi connectivity index (χ4n) is 4.15. The highest BCUT2D eigenvalue weighted by Crippen LogP contribution is 2.37. The molecule has 0 heterocycles. The van der Waals surface area contributed by atoms with E-state index >= 15 is 0 Å². The number of halogens is 2. The van der Waals surface area contributed by atoms with Crippen LogP contribution in [0.3, 0.4) is 0 Å². The molecule has 34 heavy (non-hydrogen) atoms. The lowest BCUT2D eigenvalue weighted by Gasteiger charge is -2.31. The third-order valence-electron chi connectivity index (χ3n) is 6.23. The topological polar surface area (TPSA) is 40.5 Å². The molecule has 2 N–H and O–H groups in total. The van der Waals surface area contributed by atoms with Crippen molar-refractivity contribution in [2.75, 3.05) is 0 Å². The van der Waals surface area contributed by atoms with E-state index in [1.807, 2.05) is 72.8 Å². The zero-order valence-corrected chi connectivity index (χ0v) is 21.4. The minimum Gasteiger partial charge on any atom is -0.377 e. The van der Waals surface area contributed by atoms with Crippen LogP contribution in [0.15, 0.2) is 130 Å². The first kappa shape index (κ1) is 23.0. The monoisotopic (exact) mass is 572 g/mol. The van der Waals surface area contributed by atoms with Crippen LogP contribution in [0.1, 0.15) is 11.1 Å². The van der Waals surface area contributed by atoms with Crippen LogP contribution in [0, 0.1) is 0 Å². The number of benzene rings is 4. The molecule has 0 amide bonds. The minimum atomic E-state index is -1.28. The van der Waals surface area contributed by atoms with Crippen molar-refractivity contribution in [2.24, 2.45) is 0 Å². The van der Waals surface area contributed by atoms with Crippen LogP contribution in [0.4, 0.5) is 0 Å². The first-order valence-electron chi connectivity index (χ1n) is 10.9. The zero-order valence-electron chi connectivity index (χ0n) is 18.2. The molecule has 0 radical (unpaired) electrons.